The van der Waals surface area contributed by atoms with Crippen LogP contribution in [0.15, 0.2) is 36.2 Å². The molecule has 1 saturated heterocycles. The smallest absolute Gasteiger partial charge is 0.217 e. The van der Waals surface area contributed by atoms with Crippen molar-refractivity contribution in [1.82, 2.24) is 24.6 Å². The SMILES string of the molecule is Cc1csc2c(N3CCC(Oc4ccn5nccc5n4)CC3)ncnc12. The second kappa shape index (κ2) is 6.21. The first kappa shape index (κ1) is 15.5. The first-order chi connectivity index (χ1) is 12.8. The van der Waals surface area contributed by atoms with Crippen molar-refractivity contribution in [3.05, 3.63) is 41.8 Å². The van der Waals surface area contributed by atoms with Gasteiger partial charge in [-0.25, -0.2) is 14.5 Å². The summed E-state index contributed by atoms with van der Waals surface area (Å²) in [4.78, 5) is 15.8. The Hall–Kier alpha value is -2.74. The Morgan fingerprint density at radius 1 is 1.19 bits per heavy atom. The number of thiophene rings is 1. The Kier molecular flexibility index (Phi) is 3.70. The number of hydrogen-bond acceptors (Lipinski definition) is 7. The largest absolute Gasteiger partial charge is 0.474 e. The summed E-state index contributed by atoms with van der Waals surface area (Å²) < 4.78 is 9.01. The van der Waals surface area contributed by atoms with Gasteiger partial charge >= 0.3 is 0 Å². The van der Waals surface area contributed by atoms with Crippen molar-refractivity contribution in [1.29, 1.82) is 0 Å². The Bertz CT molecular complexity index is 1070. The number of piperidine rings is 1. The number of rotatable bonds is 3. The molecular formula is C18H18N6OS. The van der Waals surface area contributed by atoms with Crippen molar-refractivity contribution in [2.75, 3.05) is 18.0 Å². The van der Waals surface area contributed by atoms with E-state index in [0.29, 0.717) is 5.88 Å². The molecule has 0 aliphatic carbocycles. The van der Waals surface area contributed by atoms with Gasteiger partial charge in [0.15, 0.2) is 5.65 Å². The molecule has 1 aliphatic rings. The number of fused-ring (bicyclic) bond motifs is 2. The summed E-state index contributed by atoms with van der Waals surface area (Å²) >= 11 is 1.72. The van der Waals surface area contributed by atoms with Gasteiger partial charge in [0.2, 0.25) is 5.88 Å². The fourth-order valence-corrected chi connectivity index (χ4v) is 4.42. The molecule has 0 amide bonds. The summed E-state index contributed by atoms with van der Waals surface area (Å²) in [6.45, 7) is 3.94. The van der Waals surface area contributed by atoms with Crippen LogP contribution in [0, 0.1) is 6.92 Å². The van der Waals surface area contributed by atoms with Gasteiger partial charge in [0.1, 0.15) is 18.2 Å². The highest BCUT2D eigenvalue weighted by atomic mass is 32.1. The average molecular weight is 366 g/mol. The van der Waals surface area contributed by atoms with Crippen molar-refractivity contribution in [3.8, 4) is 5.88 Å². The van der Waals surface area contributed by atoms with E-state index in [4.69, 9.17) is 4.74 Å². The highest BCUT2D eigenvalue weighted by Crippen LogP contribution is 2.32. The number of ether oxygens (including phenoxy) is 1. The fraction of sp³-hybridized carbons (Fsp3) is 0.333. The van der Waals surface area contributed by atoms with E-state index in [-0.39, 0.29) is 6.10 Å². The zero-order chi connectivity index (χ0) is 17.5. The number of aromatic nitrogens is 5. The molecule has 0 radical (unpaired) electrons. The monoisotopic (exact) mass is 366 g/mol. The number of anilines is 1. The molecule has 1 aliphatic heterocycles. The van der Waals surface area contributed by atoms with E-state index in [1.54, 1.807) is 28.4 Å². The molecule has 5 rings (SSSR count). The van der Waals surface area contributed by atoms with Crippen molar-refractivity contribution < 1.29 is 4.74 Å². The van der Waals surface area contributed by atoms with Gasteiger partial charge in [-0.3, -0.25) is 0 Å². The first-order valence-electron chi connectivity index (χ1n) is 8.69. The van der Waals surface area contributed by atoms with Crippen LogP contribution in [0.3, 0.4) is 0 Å². The lowest BCUT2D eigenvalue weighted by atomic mass is 10.1. The summed E-state index contributed by atoms with van der Waals surface area (Å²) in [6.07, 6.45) is 7.35. The highest BCUT2D eigenvalue weighted by molar-refractivity contribution is 7.18. The van der Waals surface area contributed by atoms with E-state index >= 15 is 0 Å². The average Bonchev–Trinajstić information content (AvgIpc) is 3.29. The van der Waals surface area contributed by atoms with Crippen LogP contribution in [0.4, 0.5) is 5.82 Å². The van der Waals surface area contributed by atoms with Gasteiger partial charge in [-0.15, -0.1) is 11.3 Å². The predicted molar refractivity (Wildman–Crippen MR) is 101 cm³/mol. The Morgan fingerprint density at radius 2 is 2.08 bits per heavy atom. The van der Waals surface area contributed by atoms with Gasteiger partial charge in [0, 0.05) is 44.3 Å². The minimum Gasteiger partial charge on any atom is -0.474 e. The van der Waals surface area contributed by atoms with Crippen molar-refractivity contribution in [3.63, 3.8) is 0 Å². The molecule has 4 aromatic heterocycles. The molecule has 0 unspecified atom stereocenters. The second-order valence-electron chi connectivity index (χ2n) is 6.50. The lowest BCUT2D eigenvalue weighted by Crippen LogP contribution is -2.38. The fourth-order valence-electron chi connectivity index (χ4n) is 3.40. The van der Waals surface area contributed by atoms with Gasteiger partial charge in [-0.2, -0.15) is 10.1 Å². The molecule has 0 spiro atoms. The molecule has 0 saturated carbocycles. The van der Waals surface area contributed by atoms with Crippen LogP contribution in [0.2, 0.25) is 0 Å². The van der Waals surface area contributed by atoms with Crippen LogP contribution < -0.4 is 9.64 Å². The van der Waals surface area contributed by atoms with E-state index < -0.39 is 0 Å². The lowest BCUT2D eigenvalue weighted by molar-refractivity contribution is 0.164. The molecule has 5 heterocycles. The van der Waals surface area contributed by atoms with E-state index in [9.17, 15) is 0 Å². The summed E-state index contributed by atoms with van der Waals surface area (Å²) in [7, 11) is 0. The molecule has 0 bridgehead atoms. The van der Waals surface area contributed by atoms with Crippen LogP contribution in [-0.2, 0) is 0 Å². The number of aryl methyl sites for hydroxylation is 1. The maximum Gasteiger partial charge on any atom is 0.217 e. The number of nitrogens with zero attached hydrogens (tertiary/aromatic N) is 6. The molecule has 132 valence electrons. The molecule has 0 aromatic carbocycles. The molecule has 1 fully saturated rings. The van der Waals surface area contributed by atoms with Crippen molar-refractivity contribution >= 4 is 33.0 Å². The highest BCUT2D eigenvalue weighted by Gasteiger charge is 2.24. The minimum absolute atomic E-state index is 0.173. The van der Waals surface area contributed by atoms with Gasteiger partial charge in [0.05, 0.1) is 16.4 Å². The van der Waals surface area contributed by atoms with Gasteiger partial charge in [-0.05, 0) is 17.9 Å². The summed E-state index contributed by atoms with van der Waals surface area (Å²) in [5.41, 5.74) is 3.08. The zero-order valence-corrected chi connectivity index (χ0v) is 15.2. The van der Waals surface area contributed by atoms with Crippen LogP contribution in [0.25, 0.3) is 15.9 Å². The van der Waals surface area contributed by atoms with E-state index in [0.717, 1.165) is 42.9 Å². The van der Waals surface area contributed by atoms with Crippen LogP contribution in [0.1, 0.15) is 18.4 Å². The molecule has 0 atom stereocenters. The third kappa shape index (κ3) is 2.66. The van der Waals surface area contributed by atoms with E-state index in [1.807, 2.05) is 18.3 Å². The third-order valence-electron chi connectivity index (χ3n) is 4.77. The zero-order valence-electron chi connectivity index (χ0n) is 14.4. The standard InChI is InChI=1S/C18H18N6OS/c1-12-10-26-17-16(12)19-11-20-18(17)23-7-3-13(4-8-23)25-15-5-9-24-14(22-15)2-6-21-24/h2,5-6,9-11,13H,3-4,7-8H2,1H3. The minimum atomic E-state index is 0.173. The molecule has 0 N–H and O–H groups in total. The normalized spacial score (nSPS) is 15.8. The second-order valence-corrected chi connectivity index (χ2v) is 7.38. The summed E-state index contributed by atoms with van der Waals surface area (Å²) in [5.74, 6) is 1.71. The lowest BCUT2D eigenvalue weighted by Gasteiger charge is -2.32. The van der Waals surface area contributed by atoms with Gasteiger partial charge < -0.3 is 9.64 Å². The topological polar surface area (TPSA) is 68.4 Å². The molecule has 4 aromatic rings. The summed E-state index contributed by atoms with van der Waals surface area (Å²) in [5, 5.41) is 6.31. The quantitative estimate of drug-likeness (QED) is 0.555. The molecule has 7 nitrogen and oxygen atoms in total. The number of hydrogen-bond donors (Lipinski definition) is 0. The van der Waals surface area contributed by atoms with E-state index in [1.165, 1.54) is 10.3 Å². The van der Waals surface area contributed by atoms with Crippen LogP contribution in [-0.4, -0.2) is 43.8 Å². The van der Waals surface area contributed by atoms with Gasteiger partial charge in [-0.1, -0.05) is 0 Å². The molecule has 26 heavy (non-hydrogen) atoms. The maximum absolute atomic E-state index is 6.10. The van der Waals surface area contributed by atoms with Gasteiger partial charge in [0.25, 0.3) is 0 Å². The Balaban J connectivity index is 1.29. The van der Waals surface area contributed by atoms with Crippen LogP contribution in [0.5, 0.6) is 5.88 Å². The van der Waals surface area contributed by atoms with E-state index in [2.05, 4.69) is 37.3 Å². The molecule has 8 heteroatoms. The molecular weight excluding hydrogens is 348 g/mol. The third-order valence-corrected chi connectivity index (χ3v) is 5.86. The van der Waals surface area contributed by atoms with Crippen LogP contribution >= 0.6 is 11.3 Å². The summed E-state index contributed by atoms with van der Waals surface area (Å²) in [6, 6.07) is 3.74. The Morgan fingerprint density at radius 3 is 2.96 bits per heavy atom. The van der Waals surface area contributed by atoms with Crippen molar-refractivity contribution in [2.45, 2.75) is 25.9 Å². The Labute approximate surface area is 154 Å². The predicted octanol–water partition coefficient (Wildman–Crippen LogP) is 3.09. The maximum atomic E-state index is 6.10. The first-order valence-corrected chi connectivity index (χ1v) is 9.57. The van der Waals surface area contributed by atoms with Crippen molar-refractivity contribution in [2.24, 2.45) is 0 Å².